The first-order chi connectivity index (χ1) is 10.0. The van der Waals surface area contributed by atoms with Crippen LogP contribution in [0.5, 0.6) is 5.75 Å². The van der Waals surface area contributed by atoms with Crippen LogP contribution >= 0.6 is 0 Å². The van der Waals surface area contributed by atoms with Crippen LogP contribution in [0.25, 0.3) is 6.08 Å². The van der Waals surface area contributed by atoms with Gasteiger partial charge in [0.1, 0.15) is 11.6 Å². The highest BCUT2D eigenvalue weighted by molar-refractivity contribution is 6.06. The second kappa shape index (κ2) is 6.74. The molecule has 0 atom stereocenters. The smallest absolute Gasteiger partial charge is 0.387 e. The maximum Gasteiger partial charge on any atom is 0.387 e. The van der Waals surface area contributed by atoms with Crippen molar-refractivity contribution < 1.29 is 22.7 Å². The van der Waals surface area contributed by atoms with Crippen LogP contribution < -0.4 is 4.74 Å². The highest BCUT2D eigenvalue weighted by Crippen LogP contribution is 2.16. The molecule has 0 saturated heterocycles. The van der Waals surface area contributed by atoms with Crippen LogP contribution in [0, 0.1) is 5.82 Å². The molecule has 2 rings (SSSR count). The van der Waals surface area contributed by atoms with Crippen LogP contribution in [0.2, 0.25) is 0 Å². The third-order valence-corrected chi connectivity index (χ3v) is 2.66. The van der Waals surface area contributed by atoms with Gasteiger partial charge in [-0.1, -0.05) is 18.2 Å². The molecule has 0 aliphatic carbocycles. The molecule has 0 aliphatic heterocycles. The van der Waals surface area contributed by atoms with Gasteiger partial charge in [-0.15, -0.1) is 0 Å². The van der Waals surface area contributed by atoms with Gasteiger partial charge in [0.05, 0.1) is 0 Å². The van der Waals surface area contributed by atoms with E-state index in [9.17, 15) is 18.0 Å². The van der Waals surface area contributed by atoms with Crippen molar-refractivity contribution in [3.8, 4) is 5.75 Å². The van der Waals surface area contributed by atoms with E-state index in [2.05, 4.69) is 4.74 Å². The van der Waals surface area contributed by atoms with Gasteiger partial charge in [-0.3, -0.25) is 4.79 Å². The number of allylic oxidation sites excluding steroid dienone is 1. The molecule has 2 aromatic rings. The molecular weight excluding hydrogens is 281 g/mol. The van der Waals surface area contributed by atoms with Crippen molar-refractivity contribution in [2.24, 2.45) is 0 Å². The summed E-state index contributed by atoms with van der Waals surface area (Å²) < 4.78 is 40.9. The number of hydrogen-bond acceptors (Lipinski definition) is 2. The molecule has 5 heteroatoms. The number of rotatable bonds is 5. The molecule has 0 radical (unpaired) electrons. The molecule has 0 heterocycles. The standard InChI is InChI=1S/C16H11F3O2/c17-13-6-4-12(5-7-13)15(20)10-3-11-1-8-14(9-2-11)21-16(18)19/h1-10,16H/b10-3+. The average molecular weight is 292 g/mol. The zero-order valence-electron chi connectivity index (χ0n) is 10.8. The predicted molar refractivity (Wildman–Crippen MR) is 72.8 cm³/mol. The Balaban J connectivity index is 2.03. The summed E-state index contributed by atoms with van der Waals surface area (Å²) in [6, 6.07) is 11.1. The SMILES string of the molecule is O=C(/C=C/c1ccc(OC(F)F)cc1)c1ccc(F)cc1. The molecule has 108 valence electrons. The Hall–Kier alpha value is -2.56. The number of halogens is 3. The third kappa shape index (κ3) is 4.49. The largest absolute Gasteiger partial charge is 0.435 e. The Morgan fingerprint density at radius 2 is 1.62 bits per heavy atom. The summed E-state index contributed by atoms with van der Waals surface area (Å²) in [7, 11) is 0. The van der Waals surface area contributed by atoms with E-state index in [0.29, 0.717) is 11.1 Å². The van der Waals surface area contributed by atoms with Gasteiger partial charge in [0.15, 0.2) is 5.78 Å². The number of alkyl halides is 2. The zero-order chi connectivity index (χ0) is 15.2. The predicted octanol–water partition coefficient (Wildman–Crippen LogP) is 4.32. The van der Waals surface area contributed by atoms with E-state index >= 15 is 0 Å². The first kappa shape index (κ1) is 14.8. The molecule has 0 aromatic heterocycles. The van der Waals surface area contributed by atoms with Crippen molar-refractivity contribution in [3.05, 3.63) is 71.6 Å². The molecule has 0 aliphatic rings. The fraction of sp³-hybridized carbons (Fsp3) is 0.0625. The summed E-state index contributed by atoms with van der Waals surface area (Å²) in [4.78, 5) is 11.8. The van der Waals surface area contributed by atoms with Gasteiger partial charge in [-0.2, -0.15) is 8.78 Å². The quantitative estimate of drug-likeness (QED) is 0.606. The van der Waals surface area contributed by atoms with Crippen molar-refractivity contribution in [2.75, 3.05) is 0 Å². The first-order valence-corrected chi connectivity index (χ1v) is 6.07. The summed E-state index contributed by atoms with van der Waals surface area (Å²) in [5, 5.41) is 0. The van der Waals surface area contributed by atoms with Crippen molar-refractivity contribution >= 4 is 11.9 Å². The molecule has 0 spiro atoms. The summed E-state index contributed by atoms with van der Waals surface area (Å²) in [5.41, 5.74) is 1.03. The third-order valence-electron chi connectivity index (χ3n) is 2.66. The van der Waals surface area contributed by atoms with Crippen molar-refractivity contribution in [2.45, 2.75) is 6.61 Å². The van der Waals surface area contributed by atoms with Crippen LogP contribution in [0.15, 0.2) is 54.6 Å². The summed E-state index contributed by atoms with van der Waals surface area (Å²) in [6.45, 7) is -2.87. The van der Waals surface area contributed by atoms with Crippen LogP contribution in [-0.2, 0) is 0 Å². The summed E-state index contributed by atoms with van der Waals surface area (Å²) in [5.74, 6) is -0.639. The zero-order valence-corrected chi connectivity index (χ0v) is 10.8. The fourth-order valence-corrected chi connectivity index (χ4v) is 1.64. The van der Waals surface area contributed by atoms with Crippen LogP contribution in [0.1, 0.15) is 15.9 Å². The lowest BCUT2D eigenvalue weighted by atomic mass is 10.1. The van der Waals surface area contributed by atoms with Gasteiger partial charge < -0.3 is 4.74 Å². The minimum absolute atomic E-state index is 0.0482. The molecule has 21 heavy (non-hydrogen) atoms. The maximum atomic E-state index is 12.7. The van der Waals surface area contributed by atoms with E-state index < -0.39 is 12.4 Å². The average Bonchev–Trinajstić information content (AvgIpc) is 2.46. The minimum Gasteiger partial charge on any atom is -0.435 e. The van der Waals surface area contributed by atoms with E-state index in [1.54, 1.807) is 12.1 Å². The highest BCUT2D eigenvalue weighted by atomic mass is 19.3. The molecule has 0 fully saturated rings. The molecular formula is C16H11F3O2. The van der Waals surface area contributed by atoms with E-state index in [1.165, 1.54) is 48.6 Å². The Labute approximate surface area is 119 Å². The van der Waals surface area contributed by atoms with E-state index in [4.69, 9.17) is 0 Å². The molecule has 2 nitrogen and oxygen atoms in total. The van der Waals surface area contributed by atoms with Gasteiger partial charge >= 0.3 is 6.61 Å². The van der Waals surface area contributed by atoms with Crippen LogP contribution in [-0.4, -0.2) is 12.4 Å². The first-order valence-electron chi connectivity index (χ1n) is 6.07. The van der Waals surface area contributed by atoms with Crippen molar-refractivity contribution in [1.29, 1.82) is 0 Å². The number of ether oxygens (including phenoxy) is 1. The Morgan fingerprint density at radius 1 is 1.00 bits per heavy atom. The second-order valence-electron chi connectivity index (χ2n) is 4.15. The fourth-order valence-electron chi connectivity index (χ4n) is 1.64. The van der Waals surface area contributed by atoms with E-state index in [1.807, 2.05) is 0 Å². The molecule has 0 N–H and O–H groups in total. The topological polar surface area (TPSA) is 26.3 Å². The molecule has 0 amide bonds. The van der Waals surface area contributed by atoms with Gasteiger partial charge in [0, 0.05) is 5.56 Å². The Morgan fingerprint density at radius 3 is 2.19 bits per heavy atom. The van der Waals surface area contributed by atoms with Crippen LogP contribution in [0.4, 0.5) is 13.2 Å². The lowest BCUT2D eigenvalue weighted by Crippen LogP contribution is -2.01. The monoisotopic (exact) mass is 292 g/mol. The summed E-state index contributed by atoms with van der Waals surface area (Å²) in [6.07, 6.45) is 2.87. The normalized spacial score (nSPS) is 11.0. The van der Waals surface area contributed by atoms with Crippen LogP contribution in [0.3, 0.4) is 0 Å². The van der Waals surface area contributed by atoms with Gasteiger partial charge in [0.2, 0.25) is 0 Å². The molecule has 0 unspecified atom stereocenters. The van der Waals surface area contributed by atoms with E-state index in [0.717, 1.165) is 0 Å². The van der Waals surface area contributed by atoms with Gasteiger partial charge in [-0.25, -0.2) is 4.39 Å². The number of carbonyl (C=O) groups is 1. The van der Waals surface area contributed by atoms with E-state index in [-0.39, 0.29) is 11.5 Å². The number of ketones is 1. The molecule has 0 bridgehead atoms. The number of carbonyl (C=O) groups excluding carboxylic acids is 1. The second-order valence-corrected chi connectivity index (χ2v) is 4.15. The van der Waals surface area contributed by atoms with Gasteiger partial charge in [0.25, 0.3) is 0 Å². The lowest BCUT2D eigenvalue weighted by molar-refractivity contribution is -0.0498. The minimum atomic E-state index is -2.87. The molecule has 2 aromatic carbocycles. The number of hydrogen-bond donors (Lipinski definition) is 0. The van der Waals surface area contributed by atoms with Crippen molar-refractivity contribution in [1.82, 2.24) is 0 Å². The van der Waals surface area contributed by atoms with Gasteiger partial charge in [-0.05, 0) is 48.0 Å². The maximum absolute atomic E-state index is 12.7. The van der Waals surface area contributed by atoms with Crippen molar-refractivity contribution in [3.63, 3.8) is 0 Å². The molecule has 0 saturated carbocycles. The number of benzene rings is 2. The highest BCUT2D eigenvalue weighted by Gasteiger charge is 2.04. The summed E-state index contributed by atoms with van der Waals surface area (Å²) >= 11 is 0. The Kier molecular flexibility index (Phi) is 4.77. The lowest BCUT2D eigenvalue weighted by Gasteiger charge is -2.03. The Bertz CT molecular complexity index is 632.